The van der Waals surface area contributed by atoms with Crippen molar-refractivity contribution in [3.05, 3.63) is 84.0 Å². The van der Waals surface area contributed by atoms with Gasteiger partial charge in [-0.15, -0.1) is 5.10 Å². The van der Waals surface area contributed by atoms with Crippen molar-refractivity contribution in [1.82, 2.24) is 30.2 Å². The Kier molecular flexibility index (Phi) is 4.98. The predicted octanol–water partition coefficient (Wildman–Crippen LogP) is 4.11. The molecule has 10 heteroatoms. The van der Waals surface area contributed by atoms with Gasteiger partial charge in [-0.2, -0.15) is 8.78 Å². The van der Waals surface area contributed by atoms with Gasteiger partial charge >= 0.3 is 0 Å². The zero-order chi connectivity index (χ0) is 21.3. The molecule has 0 aliphatic rings. The molecule has 152 valence electrons. The Hall–Kier alpha value is -3.69. The fourth-order valence-corrected chi connectivity index (χ4v) is 3.14. The van der Waals surface area contributed by atoms with Gasteiger partial charge in [0.2, 0.25) is 0 Å². The van der Waals surface area contributed by atoms with Crippen LogP contribution in [0.15, 0.2) is 55.5 Å². The van der Waals surface area contributed by atoms with Crippen molar-refractivity contribution in [2.45, 2.75) is 18.4 Å². The molecule has 4 aromatic rings. The minimum atomic E-state index is -3.66. The molecule has 0 N–H and O–H groups in total. The highest BCUT2D eigenvalue weighted by molar-refractivity contribution is 5.77. The highest BCUT2D eigenvalue weighted by Crippen LogP contribution is 2.43. The normalized spacial score (nSPS) is 12.8. The maximum atomic E-state index is 15.6. The van der Waals surface area contributed by atoms with Crippen LogP contribution in [0, 0.1) is 11.6 Å². The molecule has 0 saturated heterocycles. The average Bonchev–Trinajstić information content (AvgIpc) is 3.25. The third-order valence-electron chi connectivity index (χ3n) is 4.68. The standard InChI is InChI=1S/C20H14F4N6/c1-2-12-3-6-17-18(7-12)25-9-19(27-17)20(23,24)15(10-30-11-26-28-29-30)14-5-4-13(21)8-16(14)22/h2-9,11,15H,1,10H2. The average molecular weight is 414 g/mol. The molecule has 2 aromatic carbocycles. The first-order valence-corrected chi connectivity index (χ1v) is 8.81. The number of hydrogen-bond donors (Lipinski definition) is 0. The van der Waals surface area contributed by atoms with Crippen LogP contribution in [0.3, 0.4) is 0 Å². The van der Waals surface area contributed by atoms with Crippen molar-refractivity contribution in [3.63, 3.8) is 0 Å². The van der Waals surface area contributed by atoms with Gasteiger partial charge in [0.15, 0.2) is 0 Å². The Morgan fingerprint density at radius 3 is 2.63 bits per heavy atom. The second-order valence-electron chi connectivity index (χ2n) is 6.58. The predicted molar refractivity (Wildman–Crippen MR) is 100 cm³/mol. The van der Waals surface area contributed by atoms with Gasteiger partial charge in [0.1, 0.15) is 23.7 Å². The van der Waals surface area contributed by atoms with E-state index in [0.29, 0.717) is 11.6 Å². The lowest BCUT2D eigenvalue weighted by Crippen LogP contribution is -2.30. The molecule has 0 amide bonds. The summed E-state index contributed by atoms with van der Waals surface area (Å²) < 4.78 is 60.0. The monoisotopic (exact) mass is 414 g/mol. The Bertz CT molecular complexity index is 1210. The number of fused-ring (bicyclic) bond motifs is 1. The van der Waals surface area contributed by atoms with Crippen LogP contribution in [0.1, 0.15) is 22.7 Å². The first-order valence-electron chi connectivity index (χ1n) is 8.81. The molecule has 4 rings (SSSR count). The van der Waals surface area contributed by atoms with Crippen LogP contribution in [-0.4, -0.2) is 30.2 Å². The van der Waals surface area contributed by atoms with Crippen molar-refractivity contribution in [1.29, 1.82) is 0 Å². The molecule has 1 atom stereocenters. The summed E-state index contributed by atoms with van der Waals surface area (Å²) >= 11 is 0. The van der Waals surface area contributed by atoms with E-state index in [1.54, 1.807) is 24.3 Å². The van der Waals surface area contributed by atoms with Crippen LogP contribution >= 0.6 is 0 Å². The summed E-state index contributed by atoms with van der Waals surface area (Å²) in [6, 6.07) is 7.34. The first kappa shape index (κ1) is 19.6. The molecule has 0 bridgehead atoms. The minimum Gasteiger partial charge on any atom is -0.252 e. The largest absolute Gasteiger partial charge is 0.299 e. The zero-order valence-electron chi connectivity index (χ0n) is 15.4. The highest BCUT2D eigenvalue weighted by Gasteiger charge is 2.46. The number of halogens is 4. The van der Waals surface area contributed by atoms with Crippen LogP contribution in [0.4, 0.5) is 17.6 Å². The quantitative estimate of drug-likeness (QED) is 0.444. The fourth-order valence-electron chi connectivity index (χ4n) is 3.14. The summed E-state index contributed by atoms with van der Waals surface area (Å²) in [6.45, 7) is 3.19. The Morgan fingerprint density at radius 2 is 1.93 bits per heavy atom. The fraction of sp³-hybridized carbons (Fsp3) is 0.150. The molecule has 0 spiro atoms. The number of hydrogen-bond acceptors (Lipinski definition) is 5. The molecular weight excluding hydrogens is 400 g/mol. The summed E-state index contributed by atoms with van der Waals surface area (Å²) in [6.07, 6.45) is 3.68. The molecule has 0 radical (unpaired) electrons. The summed E-state index contributed by atoms with van der Waals surface area (Å²) in [7, 11) is 0. The molecule has 2 heterocycles. The van der Waals surface area contributed by atoms with E-state index in [-0.39, 0.29) is 11.1 Å². The zero-order valence-corrected chi connectivity index (χ0v) is 15.4. The number of aromatic nitrogens is 6. The molecular formula is C20H14F4N6. The maximum absolute atomic E-state index is 15.6. The van der Waals surface area contributed by atoms with E-state index < -0.39 is 35.7 Å². The van der Waals surface area contributed by atoms with Gasteiger partial charge in [-0.1, -0.05) is 24.8 Å². The van der Waals surface area contributed by atoms with Gasteiger partial charge in [0, 0.05) is 6.07 Å². The van der Waals surface area contributed by atoms with Crippen LogP contribution < -0.4 is 0 Å². The molecule has 0 fully saturated rings. The summed E-state index contributed by atoms with van der Waals surface area (Å²) in [4.78, 5) is 8.12. The third kappa shape index (κ3) is 3.63. The summed E-state index contributed by atoms with van der Waals surface area (Å²) in [5, 5.41) is 10.4. The van der Waals surface area contributed by atoms with Crippen LogP contribution in [0.2, 0.25) is 0 Å². The van der Waals surface area contributed by atoms with E-state index in [1.165, 1.54) is 0 Å². The third-order valence-corrected chi connectivity index (χ3v) is 4.68. The molecule has 30 heavy (non-hydrogen) atoms. The van der Waals surface area contributed by atoms with Gasteiger partial charge in [0.25, 0.3) is 5.92 Å². The molecule has 0 aliphatic carbocycles. The first-order chi connectivity index (χ1) is 14.4. The molecule has 0 saturated carbocycles. The lowest BCUT2D eigenvalue weighted by atomic mass is 9.90. The van der Waals surface area contributed by atoms with Crippen molar-refractivity contribution in [3.8, 4) is 0 Å². The molecule has 1 unspecified atom stereocenters. The second-order valence-corrected chi connectivity index (χ2v) is 6.58. The lowest BCUT2D eigenvalue weighted by molar-refractivity contribution is -0.0455. The van der Waals surface area contributed by atoms with E-state index in [2.05, 4.69) is 32.1 Å². The van der Waals surface area contributed by atoms with Gasteiger partial charge in [-0.05, 0) is 39.8 Å². The van der Waals surface area contributed by atoms with Crippen molar-refractivity contribution >= 4 is 17.1 Å². The van der Waals surface area contributed by atoms with E-state index in [1.807, 2.05) is 0 Å². The van der Waals surface area contributed by atoms with Crippen LogP contribution in [-0.2, 0) is 12.5 Å². The van der Waals surface area contributed by atoms with Gasteiger partial charge in [-0.25, -0.2) is 18.4 Å². The summed E-state index contributed by atoms with van der Waals surface area (Å²) in [5.74, 6) is -7.40. The van der Waals surface area contributed by atoms with E-state index >= 15 is 8.78 Å². The van der Waals surface area contributed by atoms with Crippen molar-refractivity contribution in [2.24, 2.45) is 0 Å². The van der Waals surface area contributed by atoms with E-state index in [0.717, 1.165) is 34.9 Å². The van der Waals surface area contributed by atoms with Gasteiger partial charge in [0.05, 0.1) is 29.7 Å². The minimum absolute atomic E-state index is 0.249. The van der Waals surface area contributed by atoms with Gasteiger partial charge in [-0.3, -0.25) is 4.98 Å². The number of nitrogens with zero attached hydrogens (tertiary/aromatic N) is 6. The van der Waals surface area contributed by atoms with Crippen molar-refractivity contribution < 1.29 is 17.6 Å². The molecule has 0 aliphatic heterocycles. The number of tetrazole rings is 1. The SMILES string of the molecule is C=Cc1ccc2nc(C(F)(F)C(Cn3cnnn3)c3ccc(F)cc3F)cnc2c1. The molecule has 2 aromatic heterocycles. The smallest absolute Gasteiger partial charge is 0.252 e. The van der Waals surface area contributed by atoms with Crippen molar-refractivity contribution in [2.75, 3.05) is 0 Å². The number of benzene rings is 2. The highest BCUT2D eigenvalue weighted by atomic mass is 19.3. The topological polar surface area (TPSA) is 69.4 Å². The van der Waals surface area contributed by atoms with Crippen LogP contribution in [0.5, 0.6) is 0 Å². The summed E-state index contributed by atoms with van der Waals surface area (Å²) in [5.41, 5.74) is 0.390. The van der Waals surface area contributed by atoms with E-state index in [9.17, 15) is 8.78 Å². The lowest BCUT2D eigenvalue weighted by Gasteiger charge is -2.27. The second kappa shape index (κ2) is 7.62. The number of rotatable bonds is 6. The maximum Gasteiger partial charge on any atom is 0.299 e. The van der Waals surface area contributed by atoms with Gasteiger partial charge < -0.3 is 0 Å². The van der Waals surface area contributed by atoms with Crippen LogP contribution in [0.25, 0.3) is 17.1 Å². The Morgan fingerprint density at radius 1 is 1.10 bits per heavy atom. The Labute approximate surface area is 167 Å². The molecule has 6 nitrogen and oxygen atoms in total. The number of alkyl halides is 2. The van der Waals surface area contributed by atoms with E-state index in [4.69, 9.17) is 0 Å². The Balaban J connectivity index is 1.81.